The Bertz CT molecular complexity index is 1070. The molecule has 3 aromatic rings. The number of rotatable bonds is 5. The molecule has 1 aromatic carbocycles. The van der Waals surface area contributed by atoms with Crippen LogP contribution in [0.2, 0.25) is 0 Å². The lowest BCUT2D eigenvalue weighted by molar-refractivity contribution is -0.140. The number of benzene rings is 1. The van der Waals surface area contributed by atoms with Gasteiger partial charge in [-0.1, -0.05) is 18.2 Å². The van der Waals surface area contributed by atoms with Crippen LogP contribution in [-0.4, -0.2) is 33.8 Å². The number of pyridine rings is 1. The molecule has 0 bridgehead atoms. The van der Waals surface area contributed by atoms with Crippen molar-refractivity contribution < 1.29 is 23.8 Å². The lowest BCUT2D eigenvalue weighted by Gasteiger charge is -2.24. The molecule has 0 spiro atoms. The fourth-order valence-corrected chi connectivity index (χ4v) is 3.42. The molecule has 1 amide bonds. The summed E-state index contributed by atoms with van der Waals surface area (Å²) in [5.74, 6) is -0.678. The summed E-state index contributed by atoms with van der Waals surface area (Å²) in [4.78, 5) is 31.2. The van der Waals surface area contributed by atoms with Crippen molar-refractivity contribution in [2.24, 2.45) is 0 Å². The molecule has 29 heavy (non-hydrogen) atoms. The standard InChI is InChI=1S/C22H18N2O5/c1-28-16-7-2-5-14(11-16)20(25)18-19(15-6-3-9-23-12-15)24(22(27)21(18)26)13-17-8-4-10-29-17/h2-12,19,25H,13H2,1H3/t19-/m1/s1. The Kier molecular flexibility index (Phi) is 4.87. The van der Waals surface area contributed by atoms with Crippen LogP contribution in [0, 0.1) is 0 Å². The molecule has 146 valence electrons. The second kappa shape index (κ2) is 7.63. The highest BCUT2D eigenvalue weighted by Crippen LogP contribution is 2.40. The van der Waals surface area contributed by atoms with Gasteiger partial charge >= 0.3 is 0 Å². The van der Waals surface area contributed by atoms with E-state index in [9.17, 15) is 14.7 Å². The van der Waals surface area contributed by atoms with Crippen molar-refractivity contribution in [1.82, 2.24) is 9.88 Å². The van der Waals surface area contributed by atoms with Gasteiger partial charge in [0.15, 0.2) is 0 Å². The molecule has 1 aliphatic heterocycles. The molecule has 2 aromatic heterocycles. The molecule has 4 rings (SSSR count). The van der Waals surface area contributed by atoms with E-state index in [4.69, 9.17) is 9.15 Å². The van der Waals surface area contributed by atoms with Crippen LogP contribution in [-0.2, 0) is 16.1 Å². The maximum atomic E-state index is 12.9. The summed E-state index contributed by atoms with van der Waals surface area (Å²) in [6.07, 6.45) is 4.68. The van der Waals surface area contributed by atoms with Gasteiger partial charge in [0.05, 0.1) is 31.5 Å². The lowest BCUT2D eigenvalue weighted by Crippen LogP contribution is -2.29. The fourth-order valence-electron chi connectivity index (χ4n) is 3.42. The van der Waals surface area contributed by atoms with E-state index in [1.807, 2.05) is 0 Å². The van der Waals surface area contributed by atoms with E-state index in [0.29, 0.717) is 22.6 Å². The van der Waals surface area contributed by atoms with Crippen molar-refractivity contribution >= 4 is 17.4 Å². The number of carbonyl (C=O) groups excluding carboxylic acids is 2. The van der Waals surface area contributed by atoms with Crippen LogP contribution >= 0.6 is 0 Å². The number of nitrogens with zero attached hydrogens (tertiary/aromatic N) is 2. The van der Waals surface area contributed by atoms with E-state index in [1.165, 1.54) is 18.3 Å². The molecule has 0 unspecified atom stereocenters. The van der Waals surface area contributed by atoms with Gasteiger partial charge in [0.1, 0.15) is 17.3 Å². The highest BCUT2D eigenvalue weighted by Gasteiger charge is 2.46. The first-order valence-corrected chi connectivity index (χ1v) is 8.95. The number of hydrogen-bond donors (Lipinski definition) is 1. The zero-order valence-corrected chi connectivity index (χ0v) is 15.6. The van der Waals surface area contributed by atoms with Crippen molar-refractivity contribution in [3.63, 3.8) is 0 Å². The summed E-state index contributed by atoms with van der Waals surface area (Å²) in [5, 5.41) is 11.0. The number of hydrogen-bond acceptors (Lipinski definition) is 6. The van der Waals surface area contributed by atoms with Gasteiger partial charge < -0.3 is 19.2 Å². The third kappa shape index (κ3) is 3.38. The van der Waals surface area contributed by atoms with Crippen LogP contribution < -0.4 is 4.74 Å². The normalized spacial score (nSPS) is 18.2. The average Bonchev–Trinajstić information content (AvgIpc) is 3.36. The molecule has 1 atom stereocenters. The van der Waals surface area contributed by atoms with Gasteiger partial charge in [0.2, 0.25) is 0 Å². The number of aliphatic hydroxyl groups excluding tert-OH is 1. The first kappa shape index (κ1) is 18.5. The highest BCUT2D eigenvalue weighted by molar-refractivity contribution is 6.46. The number of amides is 1. The van der Waals surface area contributed by atoms with Crippen LogP contribution in [0.3, 0.4) is 0 Å². The minimum absolute atomic E-state index is 0.00260. The van der Waals surface area contributed by atoms with Crippen molar-refractivity contribution in [3.05, 3.63) is 89.6 Å². The molecular weight excluding hydrogens is 372 g/mol. The number of aromatic nitrogens is 1. The minimum atomic E-state index is -0.792. The minimum Gasteiger partial charge on any atom is -0.507 e. The highest BCUT2D eigenvalue weighted by atomic mass is 16.5. The molecular formula is C22H18N2O5. The van der Waals surface area contributed by atoms with Gasteiger partial charge in [-0.3, -0.25) is 14.6 Å². The lowest BCUT2D eigenvalue weighted by atomic mass is 9.96. The van der Waals surface area contributed by atoms with Crippen LogP contribution in [0.15, 0.2) is 77.2 Å². The molecule has 1 aliphatic rings. The first-order chi connectivity index (χ1) is 14.1. The monoisotopic (exact) mass is 390 g/mol. The second-order valence-electron chi connectivity index (χ2n) is 6.52. The molecule has 7 heteroatoms. The van der Waals surface area contributed by atoms with Gasteiger partial charge in [-0.05, 0) is 35.9 Å². The zero-order chi connectivity index (χ0) is 20.4. The smallest absolute Gasteiger partial charge is 0.296 e. The summed E-state index contributed by atoms with van der Waals surface area (Å²) in [6.45, 7) is 0.0893. The number of furan rings is 1. The third-order valence-corrected chi connectivity index (χ3v) is 4.79. The average molecular weight is 390 g/mol. The maximum Gasteiger partial charge on any atom is 0.296 e. The number of carbonyl (C=O) groups is 2. The Morgan fingerprint density at radius 2 is 2.07 bits per heavy atom. The Morgan fingerprint density at radius 3 is 2.76 bits per heavy atom. The molecule has 0 radical (unpaired) electrons. The van der Waals surface area contributed by atoms with Crippen LogP contribution in [0.5, 0.6) is 5.75 Å². The van der Waals surface area contributed by atoms with Crippen LogP contribution in [0.4, 0.5) is 0 Å². The number of likely N-dealkylation sites (tertiary alicyclic amines) is 1. The summed E-state index contributed by atoms with van der Waals surface area (Å²) in [6, 6.07) is 12.8. The van der Waals surface area contributed by atoms with Gasteiger partial charge in [-0.15, -0.1) is 0 Å². The number of ether oxygens (including phenoxy) is 1. The van der Waals surface area contributed by atoms with Crippen molar-refractivity contribution in [2.45, 2.75) is 12.6 Å². The summed E-state index contributed by atoms with van der Waals surface area (Å²) in [7, 11) is 1.51. The van der Waals surface area contributed by atoms with Crippen molar-refractivity contribution in [3.8, 4) is 5.75 Å². The number of aliphatic hydroxyl groups is 1. The molecule has 0 saturated carbocycles. The van der Waals surface area contributed by atoms with Gasteiger partial charge in [0.25, 0.3) is 11.7 Å². The molecule has 1 fully saturated rings. The van der Waals surface area contributed by atoms with Crippen LogP contribution in [0.25, 0.3) is 5.76 Å². The number of ketones is 1. The summed E-state index contributed by atoms with van der Waals surface area (Å²) in [5.41, 5.74) is 1.000. The van der Waals surface area contributed by atoms with E-state index in [2.05, 4.69) is 4.98 Å². The SMILES string of the molecule is COc1cccc(C(O)=C2C(=O)C(=O)N(Cc3ccco3)[C@@H]2c2cccnc2)c1. The maximum absolute atomic E-state index is 12.9. The van der Waals surface area contributed by atoms with Gasteiger partial charge in [-0.2, -0.15) is 0 Å². The molecule has 3 heterocycles. The Morgan fingerprint density at radius 1 is 1.21 bits per heavy atom. The molecule has 1 saturated heterocycles. The van der Waals surface area contributed by atoms with Crippen molar-refractivity contribution in [1.29, 1.82) is 0 Å². The van der Waals surface area contributed by atoms with E-state index < -0.39 is 17.7 Å². The molecule has 1 N–H and O–H groups in total. The van der Waals surface area contributed by atoms with E-state index in [-0.39, 0.29) is 17.9 Å². The quantitative estimate of drug-likeness (QED) is 0.408. The van der Waals surface area contributed by atoms with Crippen molar-refractivity contribution in [2.75, 3.05) is 7.11 Å². The second-order valence-corrected chi connectivity index (χ2v) is 6.52. The Balaban J connectivity index is 1.86. The molecule has 0 aliphatic carbocycles. The predicted molar refractivity (Wildman–Crippen MR) is 104 cm³/mol. The Labute approximate surface area is 166 Å². The third-order valence-electron chi connectivity index (χ3n) is 4.79. The Hall–Kier alpha value is -3.87. The van der Waals surface area contributed by atoms with E-state index in [1.54, 1.807) is 60.9 Å². The summed E-state index contributed by atoms with van der Waals surface area (Å²) >= 11 is 0. The van der Waals surface area contributed by atoms with Gasteiger partial charge in [0, 0.05) is 18.0 Å². The predicted octanol–water partition coefficient (Wildman–Crippen LogP) is 3.31. The summed E-state index contributed by atoms with van der Waals surface area (Å²) < 4.78 is 10.6. The van der Waals surface area contributed by atoms with E-state index in [0.717, 1.165) is 0 Å². The van der Waals surface area contributed by atoms with E-state index >= 15 is 0 Å². The van der Waals surface area contributed by atoms with Crippen LogP contribution in [0.1, 0.15) is 22.9 Å². The van der Waals surface area contributed by atoms with Gasteiger partial charge in [-0.25, -0.2) is 0 Å². The fraction of sp³-hybridized carbons (Fsp3) is 0.136. The molecule has 7 nitrogen and oxygen atoms in total. The largest absolute Gasteiger partial charge is 0.507 e. The number of Topliss-reactive ketones (excluding diaryl/α,β-unsaturated/α-hetero) is 1. The zero-order valence-electron chi connectivity index (χ0n) is 15.6. The topological polar surface area (TPSA) is 92.9 Å². The first-order valence-electron chi connectivity index (χ1n) is 8.95. The number of methoxy groups -OCH3 is 1.